The summed E-state index contributed by atoms with van der Waals surface area (Å²) in [6.07, 6.45) is 7.85. The molecule has 4 heteroatoms. The predicted octanol–water partition coefficient (Wildman–Crippen LogP) is 3.17. The van der Waals surface area contributed by atoms with Crippen LogP contribution in [0, 0.1) is 0 Å². The molecular weight excluding hydrogens is 278 g/mol. The summed E-state index contributed by atoms with van der Waals surface area (Å²) in [5.74, 6) is 0.784. The highest BCUT2D eigenvalue weighted by Gasteiger charge is 2.15. The van der Waals surface area contributed by atoms with E-state index in [0.29, 0.717) is 6.54 Å². The molecule has 1 saturated heterocycles. The summed E-state index contributed by atoms with van der Waals surface area (Å²) in [6, 6.07) is 7.76. The van der Waals surface area contributed by atoms with Crippen LogP contribution in [0.1, 0.15) is 38.2 Å². The van der Waals surface area contributed by atoms with Crippen LogP contribution in [-0.4, -0.2) is 31.8 Å². The fourth-order valence-electron chi connectivity index (χ4n) is 2.26. The van der Waals surface area contributed by atoms with Crippen molar-refractivity contribution in [1.29, 1.82) is 0 Å². The number of unbranched alkanes of at least 4 members (excludes halogenated alkanes) is 1. The van der Waals surface area contributed by atoms with E-state index in [9.17, 15) is 4.79 Å². The van der Waals surface area contributed by atoms with Crippen molar-refractivity contribution in [1.82, 2.24) is 5.32 Å². The van der Waals surface area contributed by atoms with Crippen LogP contribution >= 0.6 is 0 Å². The zero-order valence-electron chi connectivity index (χ0n) is 13.2. The highest BCUT2D eigenvalue weighted by Crippen LogP contribution is 2.14. The van der Waals surface area contributed by atoms with E-state index < -0.39 is 0 Å². The summed E-state index contributed by atoms with van der Waals surface area (Å²) in [7, 11) is 0. The van der Waals surface area contributed by atoms with E-state index in [2.05, 4.69) is 12.2 Å². The molecule has 1 atom stereocenters. The number of ether oxygens (including phenoxy) is 2. The van der Waals surface area contributed by atoms with Gasteiger partial charge in [0.05, 0.1) is 12.7 Å². The van der Waals surface area contributed by atoms with Gasteiger partial charge in [0.1, 0.15) is 5.75 Å². The molecule has 0 spiro atoms. The van der Waals surface area contributed by atoms with Crippen molar-refractivity contribution in [2.45, 2.75) is 38.7 Å². The highest BCUT2D eigenvalue weighted by atomic mass is 16.5. The normalized spacial score (nSPS) is 17.8. The Kier molecular flexibility index (Phi) is 6.97. The van der Waals surface area contributed by atoms with E-state index >= 15 is 0 Å². The van der Waals surface area contributed by atoms with Gasteiger partial charge in [0.15, 0.2) is 0 Å². The highest BCUT2D eigenvalue weighted by molar-refractivity contribution is 5.91. The Labute approximate surface area is 132 Å². The third-order valence-corrected chi connectivity index (χ3v) is 3.60. The fourth-order valence-corrected chi connectivity index (χ4v) is 2.26. The van der Waals surface area contributed by atoms with Crippen molar-refractivity contribution in [3.63, 3.8) is 0 Å². The molecule has 22 heavy (non-hydrogen) atoms. The minimum Gasteiger partial charge on any atom is -0.494 e. The molecule has 4 nitrogen and oxygen atoms in total. The second kappa shape index (κ2) is 9.26. The smallest absolute Gasteiger partial charge is 0.244 e. The average molecular weight is 303 g/mol. The number of carbonyl (C=O) groups excluding carboxylic acids is 1. The zero-order chi connectivity index (χ0) is 15.6. The van der Waals surface area contributed by atoms with Crippen LogP contribution in [0.5, 0.6) is 5.75 Å². The van der Waals surface area contributed by atoms with Crippen molar-refractivity contribution in [2.75, 3.05) is 19.8 Å². The SMILES string of the molecule is CCCCOc1ccc(/C=C/C(=O)NC[C@@H]2CCCO2)cc1. The van der Waals surface area contributed by atoms with Crippen LogP contribution in [0.4, 0.5) is 0 Å². The zero-order valence-corrected chi connectivity index (χ0v) is 13.2. The van der Waals surface area contributed by atoms with Crippen molar-refractivity contribution in [3.8, 4) is 5.75 Å². The van der Waals surface area contributed by atoms with Crippen LogP contribution in [-0.2, 0) is 9.53 Å². The lowest BCUT2D eigenvalue weighted by molar-refractivity contribution is -0.116. The molecule has 2 rings (SSSR count). The molecule has 1 aliphatic rings. The summed E-state index contributed by atoms with van der Waals surface area (Å²) in [5.41, 5.74) is 0.982. The number of rotatable bonds is 8. The molecule has 1 heterocycles. The van der Waals surface area contributed by atoms with Crippen LogP contribution in [0.15, 0.2) is 30.3 Å². The summed E-state index contributed by atoms with van der Waals surface area (Å²) < 4.78 is 11.1. The Morgan fingerprint density at radius 1 is 1.41 bits per heavy atom. The van der Waals surface area contributed by atoms with E-state index in [1.807, 2.05) is 24.3 Å². The Bertz CT molecular complexity index is 476. The van der Waals surface area contributed by atoms with Crippen molar-refractivity contribution in [2.24, 2.45) is 0 Å². The van der Waals surface area contributed by atoms with Gasteiger partial charge < -0.3 is 14.8 Å². The summed E-state index contributed by atoms with van der Waals surface area (Å²) in [6.45, 7) is 4.29. The molecule has 1 amide bonds. The maximum Gasteiger partial charge on any atom is 0.244 e. The maximum atomic E-state index is 11.7. The number of amides is 1. The second-order valence-corrected chi connectivity index (χ2v) is 5.48. The Hall–Kier alpha value is -1.81. The van der Waals surface area contributed by atoms with Gasteiger partial charge in [-0.15, -0.1) is 0 Å². The van der Waals surface area contributed by atoms with Gasteiger partial charge in [-0.25, -0.2) is 0 Å². The predicted molar refractivity (Wildman–Crippen MR) is 87.9 cm³/mol. The van der Waals surface area contributed by atoms with E-state index in [-0.39, 0.29) is 12.0 Å². The lowest BCUT2D eigenvalue weighted by atomic mass is 10.2. The van der Waals surface area contributed by atoms with Crippen LogP contribution in [0.25, 0.3) is 6.08 Å². The van der Waals surface area contributed by atoms with Gasteiger partial charge >= 0.3 is 0 Å². The minimum absolute atomic E-state index is 0.0845. The van der Waals surface area contributed by atoms with Gasteiger partial charge in [-0.3, -0.25) is 4.79 Å². The summed E-state index contributed by atoms with van der Waals surface area (Å²) in [4.78, 5) is 11.7. The van der Waals surface area contributed by atoms with Gasteiger partial charge in [-0.05, 0) is 43.0 Å². The largest absolute Gasteiger partial charge is 0.494 e. The van der Waals surface area contributed by atoms with E-state index in [1.165, 1.54) is 0 Å². The number of hydrogen-bond acceptors (Lipinski definition) is 3. The van der Waals surface area contributed by atoms with Crippen LogP contribution in [0.2, 0.25) is 0 Å². The second-order valence-electron chi connectivity index (χ2n) is 5.48. The summed E-state index contributed by atoms with van der Waals surface area (Å²) >= 11 is 0. The summed E-state index contributed by atoms with van der Waals surface area (Å²) in [5, 5.41) is 2.87. The van der Waals surface area contributed by atoms with Crippen molar-refractivity contribution < 1.29 is 14.3 Å². The number of hydrogen-bond donors (Lipinski definition) is 1. The molecule has 1 N–H and O–H groups in total. The van der Waals surface area contributed by atoms with Crippen LogP contribution in [0.3, 0.4) is 0 Å². The monoisotopic (exact) mass is 303 g/mol. The molecule has 1 aromatic rings. The quantitative estimate of drug-likeness (QED) is 0.593. The molecule has 0 saturated carbocycles. The first-order valence-corrected chi connectivity index (χ1v) is 8.08. The van der Waals surface area contributed by atoms with Gasteiger partial charge in [0, 0.05) is 19.2 Å². The lowest BCUT2D eigenvalue weighted by Gasteiger charge is -2.08. The minimum atomic E-state index is -0.0845. The Balaban J connectivity index is 1.73. The molecule has 1 aliphatic heterocycles. The first-order chi connectivity index (χ1) is 10.8. The third-order valence-electron chi connectivity index (χ3n) is 3.60. The van der Waals surface area contributed by atoms with E-state index in [0.717, 1.165) is 50.2 Å². The first kappa shape index (κ1) is 16.6. The number of benzene rings is 1. The topological polar surface area (TPSA) is 47.6 Å². The fraction of sp³-hybridized carbons (Fsp3) is 0.500. The van der Waals surface area contributed by atoms with Gasteiger partial charge in [-0.2, -0.15) is 0 Å². The molecule has 0 unspecified atom stereocenters. The van der Waals surface area contributed by atoms with E-state index in [1.54, 1.807) is 12.2 Å². The number of nitrogens with one attached hydrogen (secondary N) is 1. The van der Waals surface area contributed by atoms with Crippen LogP contribution < -0.4 is 10.1 Å². The van der Waals surface area contributed by atoms with Gasteiger partial charge in [0.25, 0.3) is 0 Å². The standard InChI is InChI=1S/C18H25NO3/c1-2-3-12-21-16-9-6-15(7-10-16)8-11-18(20)19-14-17-5-4-13-22-17/h6-11,17H,2-5,12-14H2,1H3,(H,19,20)/b11-8+/t17-/m0/s1. The molecular formula is C18H25NO3. The first-order valence-electron chi connectivity index (χ1n) is 8.08. The Morgan fingerprint density at radius 2 is 2.23 bits per heavy atom. The Morgan fingerprint density at radius 3 is 2.91 bits per heavy atom. The van der Waals surface area contributed by atoms with Gasteiger partial charge in [-0.1, -0.05) is 25.5 Å². The molecule has 1 aromatic carbocycles. The number of carbonyl (C=O) groups is 1. The molecule has 120 valence electrons. The molecule has 1 fully saturated rings. The molecule has 0 aliphatic carbocycles. The van der Waals surface area contributed by atoms with Gasteiger partial charge in [0.2, 0.25) is 5.91 Å². The molecule has 0 radical (unpaired) electrons. The average Bonchev–Trinajstić information content (AvgIpc) is 3.06. The molecule has 0 aromatic heterocycles. The van der Waals surface area contributed by atoms with Crippen molar-refractivity contribution >= 4 is 12.0 Å². The van der Waals surface area contributed by atoms with Crippen molar-refractivity contribution in [3.05, 3.63) is 35.9 Å². The van der Waals surface area contributed by atoms with E-state index in [4.69, 9.17) is 9.47 Å². The third kappa shape index (κ3) is 5.90. The molecule has 0 bridgehead atoms. The lowest BCUT2D eigenvalue weighted by Crippen LogP contribution is -2.30. The maximum absolute atomic E-state index is 11.7.